The molecule has 0 saturated carbocycles. The van der Waals surface area contributed by atoms with E-state index in [0.717, 1.165) is 17.7 Å². The lowest BCUT2D eigenvalue weighted by molar-refractivity contribution is -0.151. The molecule has 9 nitrogen and oxygen atoms in total. The Bertz CT molecular complexity index is 1180. The molecule has 2 N–H and O–H groups in total. The van der Waals surface area contributed by atoms with Crippen molar-refractivity contribution in [3.8, 4) is 5.75 Å². The van der Waals surface area contributed by atoms with E-state index in [4.69, 9.17) is 14.2 Å². The van der Waals surface area contributed by atoms with Gasteiger partial charge in [0, 0.05) is 30.3 Å². The molecule has 3 heterocycles. The van der Waals surface area contributed by atoms with Crippen LogP contribution in [0.3, 0.4) is 0 Å². The number of aliphatic hydroxyl groups is 1. The molecular formula is C24H27FN2O7S. The third kappa shape index (κ3) is 4.99. The summed E-state index contributed by atoms with van der Waals surface area (Å²) < 4.78 is 58.6. The van der Waals surface area contributed by atoms with Gasteiger partial charge in [-0.3, -0.25) is 9.52 Å². The maximum Gasteiger partial charge on any atom is 0.261 e. The van der Waals surface area contributed by atoms with Crippen molar-refractivity contribution < 1.29 is 36.9 Å². The van der Waals surface area contributed by atoms with Crippen LogP contribution < -0.4 is 9.46 Å². The Kier molecular flexibility index (Phi) is 6.67. The van der Waals surface area contributed by atoms with Gasteiger partial charge < -0.3 is 24.2 Å². The van der Waals surface area contributed by atoms with E-state index in [9.17, 15) is 22.7 Å². The zero-order valence-corrected chi connectivity index (χ0v) is 19.7. The zero-order valence-electron chi connectivity index (χ0n) is 18.9. The van der Waals surface area contributed by atoms with Gasteiger partial charge in [-0.25, -0.2) is 12.8 Å². The van der Waals surface area contributed by atoms with Crippen LogP contribution in [0, 0.1) is 5.82 Å². The molecule has 3 aliphatic heterocycles. The number of nitrogens with one attached hydrogen (secondary N) is 1. The Morgan fingerprint density at radius 1 is 1.14 bits per heavy atom. The fourth-order valence-electron chi connectivity index (χ4n) is 4.92. The molecule has 4 atom stereocenters. The van der Waals surface area contributed by atoms with Crippen LogP contribution in [0.1, 0.15) is 24.3 Å². The first-order valence-electron chi connectivity index (χ1n) is 11.5. The van der Waals surface area contributed by atoms with Crippen molar-refractivity contribution in [3.05, 3.63) is 53.8 Å². The Balaban J connectivity index is 1.34. The summed E-state index contributed by atoms with van der Waals surface area (Å²) in [5.74, 6) is -0.127. The Morgan fingerprint density at radius 3 is 2.60 bits per heavy atom. The number of hydrogen-bond donors (Lipinski definition) is 2. The van der Waals surface area contributed by atoms with Crippen LogP contribution in [0.15, 0.2) is 47.4 Å². The number of carbonyl (C=O) groups excluding carboxylic acids is 1. The molecule has 0 radical (unpaired) electrons. The number of sulfonamides is 1. The summed E-state index contributed by atoms with van der Waals surface area (Å²) in [6.07, 6.45) is -0.765. The van der Waals surface area contributed by atoms with Crippen LogP contribution in [0.4, 0.5) is 10.1 Å². The van der Waals surface area contributed by atoms with Gasteiger partial charge in [0.15, 0.2) is 0 Å². The molecule has 2 saturated heterocycles. The van der Waals surface area contributed by atoms with Gasteiger partial charge in [-0.05, 0) is 48.9 Å². The zero-order chi connectivity index (χ0) is 24.6. The molecule has 0 aromatic heterocycles. The van der Waals surface area contributed by atoms with Crippen molar-refractivity contribution in [2.75, 3.05) is 37.6 Å². The van der Waals surface area contributed by atoms with Crippen molar-refractivity contribution in [1.82, 2.24) is 4.90 Å². The van der Waals surface area contributed by atoms with E-state index in [1.807, 2.05) is 0 Å². The van der Waals surface area contributed by atoms with Gasteiger partial charge in [0.05, 0.1) is 37.2 Å². The van der Waals surface area contributed by atoms with E-state index in [0.29, 0.717) is 44.2 Å². The third-order valence-electron chi connectivity index (χ3n) is 6.64. The summed E-state index contributed by atoms with van der Waals surface area (Å²) in [4.78, 5) is 14.5. The molecular weight excluding hydrogens is 479 g/mol. The molecule has 0 spiro atoms. The molecule has 5 rings (SSSR count). The van der Waals surface area contributed by atoms with E-state index in [1.165, 1.54) is 12.1 Å². The number of ether oxygens (including phenoxy) is 3. The first-order chi connectivity index (χ1) is 16.8. The van der Waals surface area contributed by atoms with Crippen LogP contribution >= 0.6 is 0 Å². The van der Waals surface area contributed by atoms with Gasteiger partial charge in [-0.2, -0.15) is 0 Å². The van der Waals surface area contributed by atoms with E-state index in [-0.39, 0.29) is 29.7 Å². The van der Waals surface area contributed by atoms with Gasteiger partial charge in [-0.1, -0.05) is 0 Å². The normalized spacial score (nSPS) is 25.9. The summed E-state index contributed by atoms with van der Waals surface area (Å²) in [5.41, 5.74) is 1.13. The number of fused-ring (bicyclic) bond motifs is 3. The Hall–Kier alpha value is -2.73. The Labute approximate surface area is 202 Å². The molecule has 1 amide bonds. The highest BCUT2D eigenvalue weighted by Gasteiger charge is 2.46. The number of rotatable bonds is 6. The monoisotopic (exact) mass is 506 g/mol. The number of benzene rings is 2. The number of hydrogen-bond acceptors (Lipinski definition) is 7. The smallest absolute Gasteiger partial charge is 0.261 e. The minimum Gasteiger partial charge on any atom is -0.487 e. The van der Waals surface area contributed by atoms with E-state index in [2.05, 4.69) is 4.72 Å². The summed E-state index contributed by atoms with van der Waals surface area (Å²) in [6, 6.07) is 9.55. The summed E-state index contributed by atoms with van der Waals surface area (Å²) >= 11 is 0. The van der Waals surface area contributed by atoms with Gasteiger partial charge in [0.2, 0.25) is 5.91 Å². The topological polar surface area (TPSA) is 114 Å². The van der Waals surface area contributed by atoms with Crippen molar-refractivity contribution >= 4 is 21.6 Å². The highest BCUT2D eigenvalue weighted by atomic mass is 32.2. The van der Waals surface area contributed by atoms with Gasteiger partial charge in [-0.15, -0.1) is 0 Å². The van der Waals surface area contributed by atoms with Crippen molar-refractivity contribution in [1.29, 1.82) is 0 Å². The SMILES string of the molecule is O=C(C[C@@H]1C[C@@H]2c3cc(NS(=O)(=O)c4ccc(F)cc4)ccc3O[C@@H]2[C@@H](CO)O1)N1CCOCC1. The predicted octanol–water partition coefficient (Wildman–Crippen LogP) is 1.87. The van der Waals surface area contributed by atoms with Gasteiger partial charge in [0.1, 0.15) is 23.8 Å². The molecule has 2 fully saturated rings. The fourth-order valence-corrected chi connectivity index (χ4v) is 5.97. The molecule has 0 bridgehead atoms. The molecule has 2 aromatic carbocycles. The summed E-state index contributed by atoms with van der Waals surface area (Å²) in [5, 5.41) is 9.94. The van der Waals surface area contributed by atoms with E-state index < -0.39 is 34.2 Å². The number of morpholine rings is 1. The van der Waals surface area contributed by atoms with E-state index in [1.54, 1.807) is 23.1 Å². The molecule has 188 valence electrons. The highest BCUT2D eigenvalue weighted by molar-refractivity contribution is 7.92. The van der Waals surface area contributed by atoms with Crippen LogP contribution in [-0.4, -0.2) is 75.6 Å². The van der Waals surface area contributed by atoms with Crippen molar-refractivity contribution in [2.24, 2.45) is 0 Å². The molecule has 35 heavy (non-hydrogen) atoms. The average molecular weight is 507 g/mol. The minimum atomic E-state index is -3.91. The number of carbonyl (C=O) groups is 1. The minimum absolute atomic E-state index is 0.0200. The van der Waals surface area contributed by atoms with Crippen molar-refractivity contribution in [3.63, 3.8) is 0 Å². The summed E-state index contributed by atoms with van der Waals surface area (Å²) in [7, 11) is -3.91. The molecule has 0 unspecified atom stereocenters. The first kappa shape index (κ1) is 24.0. The largest absolute Gasteiger partial charge is 0.487 e. The predicted molar refractivity (Wildman–Crippen MR) is 123 cm³/mol. The fraction of sp³-hybridized carbons (Fsp3) is 0.458. The molecule has 2 aromatic rings. The van der Waals surface area contributed by atoms with Crippen LogP contribution in [0.25, 0.3) is 0 Å². The summed E-state index contributed by atoms with van der Waals surface area (Å²) in [6.45, 7) is 1.86. The van der Waals surface area contributed by atoms with Gasteiger partial charge in [0.25, 0.3) is 10.0 Å². The lowest BCUT2D eigenvalue weighted by atomic mass is 9.84. The van der Waals surface area contributed by atoms with Gasteiger partial charge >= 0.3 is 0 Å². The number of nitrogens with zero attached hydrogens (tertiary/aromatic N) is 1. The molecule has 0 aliphatic carbocycles. The standard InChI is InChI=1S/C24H27FN2O7S/c25-15-1-4-18(5-2-15)35(30,31)26-16-3-6-21-19(11-16)20-12-17(33-22(14-28)24(20)34-21)13-23(29)27-7-9-32-10-8-27/h1-6,11,17,20,22,24,26,28H,7-10,12-14H2/t17-,20+,22+,24-/m0/s1. The maximum atomic E-state index is 13.2. The van der Waals surface area contributed by atoms with Crippen molar-refractivity contribution in [2.45, 2.75) is 42.0 Å². The first-order valence-corrected chi connectivity index (χ1v) is 13.0. The molecule has 3 aliphatic rings. The molecule has 11 heteroatoms. The third-order valence-corrected chi connectivity index (χ3v) is 8.04. The van der Waals surface area contributed by atoms with Crippen LogP contribution in [-0.2, 0) is 24.3 Å². The number of anilines is 1. The average Bonchev–Trinajstić information content (AvgIpc) is 3.22. The highest BCUT2D eigenvalue weighted by Crippen LogP contribution is 2.47. The second kappa shape index (κ2) is 9.73. The Morgan fingerprint density at radius 2 is 1.89 bits per heavy atom. The van der Waals surface area contributed by atoms with E-state index >= 15 is 0 Å². The number of halogens is 1. The number of aliphatic hydroxyl groups excluding tert-OH is 1. The quantitative estimate of drug-likeness (QED) is 0.615. The lowest BCUT2D eigenvalue weighted by Crippen LogP contribution is -2.48. The maximum absolute atomic E-state index is 13.2. The van der Waals surface area contributed by atoms with Crippen LogP contribution in [0.5, 0.6) is 5.75 Å². The van der Waals surface area contributed by atoms with Crippen LogP contribution in [0.2, 0.25) is 0 Å². The number of amides is 1. The second-order valence-corrected chi connectivity index (χ2v) is 10.6. The lowest BCUT2D eigenvalue weighted by Gasteiger charge is -2.38. The second-order valence-electron chi connectivity index (χ2n) is 8.91.